The summed E-state index contributed by atoms with van der Waals surface area (Å²) in [5, 5.41) is 17.6. The van der Waals surface area contributed by atoms with E-state index in [1.807, 2.05) is 13.8 Å². The van der Waals surface area contributed by atoms with Crippen LogP contribution in [0.2, 0.25) is 0 Å². The van der Waals surface area contributed by atoms with Crippen molar-refractivity contribution < 1.29 is 9.63 Å². The highest BCUT2D eigenvalue weighted by Crippen LogP contribution is 2.27. The van der Waals surface area contributed by atoms with Crippen LogP contribution in [-0.4, -0.2) is 22.4 Å². The van der Waals surface area contributed by atoms with Crippen molar-refractivity contribution in [2.45, 2.75) is 58.1 Å². The van der Waals surface area contributed by atoms with Crippen molar-refractivity contribution in [2.75, 3.05) is 6.54 Å². The topological polar surface area (TPSA) is 58.3 Å². The fourth-order valence-electron chi connectivity index (χ4n) is 2.56. The molecule has 1 aromatic heterocycles. The summed E-state index contributed by atoms with van der Waals surface area (Å²) >= 11 is 0. The van der Waals surface area contributed by atoms with Crippen molar-refractivity contribution in [3.63, 3.8) is 0 Å². The molecule has 1 aliphatic carbocycles. The third-order valence-electron chi connectivity index (χ3n) is 3.72. The van der Waals surface area contributed by atoms with Crippen LogP contribution in [0.1, 0.15) is 49.1 Å². The van der Waals surface area contributed by atoms with Gasteiger partial charge in [-0.3, -0.25) is 0 Å². The van der Waals surface area contributed by atoms with Gasteiger partial charge >= 0.3 is 0 Å². The maximum Gasteiger partial charge on any atom is 0.138 e. The normalized spacial score (nSPS) is 19.5. The third kappa shape index (κ3) is 3.07. The van der Waals surface area contributed by atoms with Crippen LogP contribution in [-0.2, 0) is 6.54 Å². The number of aryl methyl sites for hydroxylation is 2. The van der Waals surface area contributed by atoms with Gasteiger partial charge in [-0.1, -0.05) is 24.4 Å². The van der Waals surface area contributed by atoms with Gasteiger partial charge in [-0.25, -0.2) is 0 Å². The standard InChI is InChI=1S/C13H22N2O2/c1-10-12(11(2)17-15-10)8-14-9-13(16)6-4-3-5-7-13/h14,16H,3-9H2,1-2H3. The molecule has 0 aromatic carbocycles. The highest BCUT2D eigenvalue weighted by Gasteiger charge is 2.28. The molecule has 4 nitrogen and oxygen atoms in total. The molecule has 0 unspecified atom stereocenters. The molecule has 0 spiro atoms. The summed E-state index contributed by atoms with van der Waals surface area (Å²) < 4.78 is 5.11. The fraction of sp³-hybridized carbons (Fsp3) is 0.769. The largest absolute Gasteiger partial charge is 0.389 e. The molecule has 1 aromatic rings. The fourth-order valence-corrected chi connectivity index (χ4v) is 2.56. The van der Waals surface area contributed by atoms with E-state index < -0.39 is 5.60 Å². The molecule has 0 amide bonds. The number of aromatic nitrogens is 1. The first-order valence-electron chi connectivity index (χ1n) is 6.46. The Morgan fingerprint density at radius 1 is 1.29 bits per heavy atom. The van der Waals surface area contributed by atoms with E-state index in [2.05, 4.69) is 10.5 Å². The number of aliphatic hydroxyl groups is 1. The maximum atomic E-state index is 10.3. The van der Waals surface area contributed by atoms with E-state index in [-0.39, 0.29) is 0 Å². The third-order valence-corrected chi connectivity index (χ3v) is 3.72. The number of nitrogens with zero attached hydrogens (tertiary/aromatic N) is 1. The average molecular weight is 238 g/mol. The van der Waals surface area contributed by atoms with Crippen LogP contribution < -0.4 is 5.32 Å². The Bertz CT molecular complexity index is 348. The van der Waals surface area contributed by atoms with Crippen molar-refractivity contribution in [2.24, 2.45) is 0 Å². The van der Waals surface area contributed by atoms with Crippen LogP contribution in [0, 0.1) is 13.8 Å². The molecule has 0 atom stereocenters. The predicted molar refractivity (Wildman–Crippen MR) is 65.7 cm³/mol. The Morgan fingerprint density at radius 3 is 2.59 bits per heavy atom. The number of rotatable bonds is 4. The Morgan fingerprint density at radius 2 is 2.00 bits per heavy atom. The van der Waals surface area contributed by atoms with E-state index in [0.29, 0.717) is 6.54 Å². The van der Waals surface area contributed by atoms with E-state index in [1.54, 1.807) is 0 Å². The summed E-state index contributed by atoms with van der Waals surface area (Å²) in [6, 6.07) is 0. The van der Waals surface area contributed by atoms with Crippen LogP contribution in [0.3, 0.4) is 0 Å². The van der Waals surface area contributed by atoms with Gasteiger partial charge in [0.1, 0.15) is 5.76 Å². The van der Waals surface area contributed by atoms with E-state index in [4.69, 9.17) is 4.52 Å². The number of hydrogen-bond donors (Lipinski definition) is 2. The van der Waals surface area contributed by atoms with Crippen molar-refractivity contribution >= 4 is 0 Å². The predicted octanol–water partition coefficient (Wildman–Crippen LogP) is 2.08. The molecule has 1 heterocycles. The molecule has 0 saturated heterocycles. The zero-order chi connectivity index (χ0) is 12.3. The molecule has 2 rings (SSSR count). The molecule has 2 N–H and O–H groups in total. The first kappa shape index (κ1) is 12.6. The molecule has 0 radical (unpaired) electrons. The van der Waals surface area contributed by atoms with Crippen LogP contribution in [0.15, 0.2) is 4.52 Å². The van der Waals surface area contributed by atoms with Gasteiger partial charge in [0.2, 0.25) is 0 Å². The summed E-state index contributed by atoms with van der Waals surface area (Å²) in [5.41, 5.74) is 1.55. The highest BCUT2D eigenvalue weighted by atomic mass is 16.5. The zero-order valence-corrected chi connectivity index (χ0v) is 10.8. The lowest BCUT2D eigenvalue weighted by Crippen LogP contribution is -2.42. The Hall–Kier alpha value is -0.870. The van der Waals surface area contributed by atoms with Gasteiger partial charge in [0, 0.05) is 18.7 Å². The quantitative estimate of drug-likeness (QED) is 0.843. The molecule has 1 aliphatic rings. The van der Waals surface area contributed by atoms with Crippen LogP contribution in [0.4, 0.5) is 0 Å². The first-order chi connectivity index (χ1) is 8.11. The highest BCUT2D eigenvalue weighted by molar-refractivity contribution is 5.20. The molecule has 1 fully saturated rings. The molecule has 0 aliphatic heterocycles. The van der Waals surface area contributed by atoms with Gasteiger partial charge in [0.05, 0.1) is 11.3 Å². The lowest BCUT2D eigenvalue weighted by atomic mass is 9.85. The Kier molecular flexibility index (Phi) is 3.84. The number of nitrogens with one attached hydrogen (secondary N) is 1. The zero-order valence-electron chi connectivity index (χ0n) is 10.8. The lowest BCUT2D eigenvalue weighted by Gasteiger charge is -2.32. The van der Waals surface area contributed by atoms with E-state index in [9.17, 15) is 5.11 Å². The molecule has 17 heavy (non-hydrogen) atoms. The van der Waals surface area contributed by atoms with Crippen LogP contribution in [0.25, 0.3) is 0 Å². The summed E-state index contributed by atoms with van der Waals surface area (Å²) in [5.74, 6) is 0.866. The Balaban J connectivity index is 1.83. The molecule has 0 bridgehead atoms. The molecular weight excluding hydrogens is 216 g/mol. The van der Waals surface area contributed by atoms with Gasteiger partial charge in [0.15, 0.2) is 0 Å². The van der Waals surface area contributed by atoms with Gasteiger partial charge in [-0.05, 0) is 26.7 Å². The van der Waals surface area contributed by atoms with E-state index >= 15 is 0 Å². The van der Waals surface area contributed by atoms with E-state index in [1.165, 1.54) is 6.42 Å². The lowest BCUT2D eigenvalue weighted by molar-refractivity contribution is 0.00464. The summed E-state index contributed by atoms with van der Waals surface area (Å²) in [7, 11) is 0. The average Bonchev–Trinajstić information content (AvgIpc) is 2.61. The molecule has 4 heteroatoms. The van der Waals surface area contributed by atoms with E-state index in [0.717, 1.165) is 49.2 Å². The van der Waals surface area contributed by atoms with Crippen molar-refractivity contribution in [3.8, 4) is 0 Å². The monoisotopic (exact) mass is 238 g/mol. The van der Waals surface area contributed by atoms with Gasteiger partial charge in [-0.2, -0.15) is 0 Å². The summed E-state index contributed by atoms with van der Waals surface area (Å²) in [6.45, 7) is 5.26. The first-order valence-corrected chi connectivity index (χ1v) is 6.46. The van der Waals surface area contributed by atoms with Gasteiger partial charge < -0.3 is 14.9 Å². The minimum absolute atomic E-state index is 0.503. The van der Waals surface area contributed by atoms with Crippen LogP contribution in [0.5, 0.6) is 0 Å². The van der Waals surface area contributed by atoms with Crippen molar-refractivity contribution in [1.82, 2.24) is 10.5 Å². The molecular formula is C13H22N2O2. The SMILES string of the molecule is Cc1noc(C)c1CNCC1(O)CCCCC1. The van der Waals surface area contributed by atoms with Gasteiger partial charge in [-0.15, -0.1) is 0 Å². The summed E-state index contributed by atoms with van der Waals surface area (Å²) in [4.78, 5) is 0. The summed E-state index contributed by atoms with van der Waals surface area (Å²) in [6.07, 6.45) is 5.38. The maximum absolute atomic E-state index is 10.3. The van der Waals surface area contributed by atoms with Gasteiger partial charge in [0.25, 0.3) is 0 Å². The minimum Gasteiger partial charge on any atom is -0.389 e. The smallest absolute Gasteiger partial charge is 0.138 e. The second-order valence-corrected chi connectivity index (χ2v) is 5.19. The minimum atomic E-state index is -0.503. The second-order valence-electron chi connectivity index (χ2n) is 5.19. The Labute approximate surface area is 102 Å². The van der Waals surface area contributed by atoms with Crippen molar-refractivity contribution in [1.29, 1.82) is 0 Å². The van der Waals surface area contributed by atoms with Crippen molar-refractivity contribution in [3.05, 3.63) is 17.0 Å². The second kappa shape index (κ2) is 5.19. The van der Waals surface area contributed by atoms with Crippen LogP contribution >= 0.6 is 0 Å². The molecule has 1 saturated carbocycles. The number of hydrogen-bond acceptors (Lipinski definition) is 4. The molecule has 96 valence electrons.